The van der Waals surface area contributed by atoms with Gasteiger partial charge in [0.25, 0.3) is 0 Å². The second-order valence-electron chi connectivity index (χ2n) is 7.21. The van der Waals surface area contributed by atoms with Crippen LogP contribution in [0.5, 0.6) is 0 Å². The molecule has 1 fully saturated rings. The van der Waals surface area contributed by atoms with Gasteiger partial charge in [-0.05, 0) is 38.7 Å². The van der Waals surface area contributed by atoms with E-state index in [1.165, 1.54) is 0 Å². The molecular formula is C20H25NO4. The third kappa shape index (κ3) is 5.91. The van der Waals surface area contributed by atoms with Crippen molar-refractivity contribution in [2.45, 2.75) is 58.0 Å². The molecule has 1 aliphatic heterocycles. The van der Waals surface area contributed by atoms with Gasteiger partial charge in [0.05, 0.1) is 19.3 Å². The molecule has 0 aromatic heterocycles. The molecule has 25 heavy (non-hydrogen) atoms. The van der Waals surface area contributed by atoms with E-state index in [1.807, 2.05) is 51.1 Å². The lowest BCUT2D eigenvalue weighted by atomic mass is 10.1. The summed E-state index contributed by atoms with van der Waals surface area (Å²) in [6.07, 6.45) is 5.29. The lowest BCUT2D eigenvalue weighted by Crippen LogP contribution is -2.41. The molecule has 1 heterocycles. The summed E-state index contributed by atoms with van der Waals surface area (Å²) in [5.41, 5.74) is 0.468. The SMILES string of the molecule is C#CC(=O)C[C@@H]1C[C@@H](OCc2ccccc2)CN1C(=O)OC(C)(C)C. The standard InChI is InChI=1S/C20H25NO4/c1-5-17(22)11-16-12-18(24-14-15-9-7-6-8-10-15)13-21(16)19(23)25-20(2,3)4/h1,6-10,16,18H,11-14H2,2-4H3/t16-,18-/m1/s1. The van der Waals surface area contributed by atoms with Gasteiger partial charge in [0.15, 0.2) is 0 Å². The highest BCUT2D eigenvalue weighted by Gasteiger charge is 2.38. The van der Waals surface area contributed by atoms with Gasteiger partial charge in [0.2, 0.25) is 5.78 Å². The Morgan fingerprint density at radius 1 is 1.28 bits per heavy atom. The molecule has 1 aromatic carbocycles. The zero-order chi connectivity index (χ0) is 18.4. The molecule has 0 unspecified atom stereocenters. The van der Waals surface area contributed by atoms with Crippen LogP contribution in [0.25, 0.3) is 0 Å². The summed E-state index contributed by atoms with van der Waals surface area (Å²) in [5.74, 6) is 1.80. The maximum Gasteiger partial charge on any atom is 0.410 e. The van der Waals surface area contributed by atoms with E-state index >= 15 is 0 Å². The molecule has 1 aromatic rings. The van der Waals surface area contributed by atoms with E-state index in [9.17, 15) is 9.59 Å². The zero-order valence-corrected chi connectivity index (χ0v) is 15.0. The lowest BCUT2D eigenvalue weighted by Gasteiger charge is -2.27. The van der Waals surface area contributed by atoms with Crippen molar-refractivity contribution in [3.05, 3.63) is 35.9 Å². The van der Waals surface area contributed by atoms with Crippen molar-refractivity contribution >= 4 is 11.9 Å². The number of terminal acetylenes is 1. The van der Waals surface area contributed by atoms with Crippen LogP contribution in [0.4, 0.5) is 4.79 Å². The van der Waals surface area contributed by atoms with E-state index in [0.717, 1.165) is 5.56 Å². The molecule has 2 atom stereocenters. The molecule has 1 aliphatic rings. The Bertz CT molecular complexity index is 642. The van der Waals surface area contributed by atoms with Crippen LogP contribution in [0.1, 0.15) is 39.2 Å². The van der Waals surface area contributed by atoms with Crippen molar-refractivity contribution < 1.29 is 19.1 Å². The van der Waals surface area contributed by atoms with Gasteiger partial charge < -0.3 is 14.4 Å². The number of amides is 1. The topological polar surface area (TPSA) is 55.8 Å². The van der Waals surface area contributed by atoms with Crippen LogP contribution in [0.3, 0.4) is 0 Å². The monoisotopic (exact) mass is 343 g/mol. The molecule has 0 saturated carbocycles. The summed E-state index contributed by atoms with van der Waals surface area (Å²) in [6.45, 7) is 6.29. The summed E-state index contributed by atoms with van der Waals surface area (Å²) in [5, 5.41) is 0. The van der Waals surface area contributed by atoms with E-state index in [0.29, 0.717) is 19.6 Å². The van der Waals surface area contributed by atoms with Gasteiger partial charge in [-0.25, -0.2) is 4.79 Å². The fraction of sp³-hybridized carbons (Fsp3) is 0.500. The maximum absolute atomic E-state index is 12.4. The molecule has 0 N–H and O–H groups in total. The Kier molecular flexibility index (Phi) is 6.22. The number of ketones is 1. The van der Waals surface area contributed by atoms with E-state index in [1.54, 1.807) is 4.90 Å². The molecule has 5 nitrogen and oxygen atoms in total. The smallest absolute Gasteiger partial charge is 0.410 e. The first-order valence-corrected chi connectivity index (χ1v) is 8.43. The second-order valence-corrected chi connectivity index (χ2v) is 7.21. The van der Waals surface area contributed by atoms with Gasteiger partial charge in [0.1, 0.15) is 5.60 Å². The van der Waals surface area contributed by atoms with E-state index in [-0.39, 0.29) is 24.3 Å². The third-order valence-corrected chi connectivity index (χ3v) is 3.91. The number of carbonyl (C=O) groups is 2. The average molecular weight is 343 g/mol. The summed E-state index contributed by atoms with van der Waals surface area (Å²) in [7, 11) is 0. The van der Waals surface area contributed by atoms with E-state index < -0.39 is 11.7 Å². The predicted octanol–water partition coefficient (Wildman–Crippen LogP) is 3.17. The minimum absolute atomic E-state index is 0.126. The van der Waals surface area contributed by atoms with Gasteiger partial charge in [-0.15, -0.1) is 6.42 Å². The minimum atomic E-state index is -0.596. The van der Waals surface area contributed by atoms with Crippen molar-refractivity contribution in [2.24, 2.45) is 0 Å². The van der Waals surface area contributed by atoms with Gasteiger partial charge in [-0.1, -0.05) is 30.3 Å². The largest absolute Gasteiger partial charge is 0.444 e. The molecule has 1 amide bonds. The van der Waals surface area contributed by atoms with Crippen molar-refractivity contribution in [3.63, 3.8) is 0 Å². The van der Waals surface area contributed by atoms with Crippen LogP contribution in [0.15, 0.2) is 30.3 Å². The molecular weight excluding hydrogens is 318 g/mol. The first kappa shape index (κ1) is 19.0. The molecule has 5 heteroatoms. The van der Waals surface area contributed by atoms with Gasteiger partial charge in [-0.3, -0.25) is 4.79 Å². The molecule has 0 radical (unpaired) electrons. The van der Waals surface area contributed by atoms with Crippen molar-refractivity contribution in [1.29, 1.82) is 0 Å². The Labute approximate surface area is 149 Å². The van der Waals surface area contributed by atoms with Crippen LogP contribution < -0.4 is 0 Å². The number of ether oxygens (including phenoxy) is 2. The van der Waals surface area contributed by atoms with Crippen molar-refractivity contribution in [1.82, 2.24) is 4.90 Å². The maximum atomic E-state index is 12.4. The number of hydrogen-bond acceptors (Lipinski definition) is 4. The van der Waals surface area contributed by atoms with Gasteiger partial charge in [-0.2, -0.15) is 0 Å². The summed E-state index contributed by atoms with van der Waals surface area (Å²) in [6, 6.07) is 9.54. The highest BCUT2D eigenvalue weighted by atomic mass is 16.6. The molecule has 2 rings (SSSR count). The minimum Gasteiger partial charge on any atom is -0.444 e. The summed E-state index contributed by atoms with van der Waals surface area (Å²) >= 11 is 0. The normalized spacial score (nSPS) is 20.2. The molecule has 134 valence electrons. The first-order valence-electron chi connectivity index (χ1n) is 8.43. The van der Waals surface area contributed by atoms with Gasteiger partial charge in [0, 0.05) is 12.5 Å². The average Bonchev–Trinajstić information content (AvgIpc) is 2.95. The fourth-order valence-corrected chi connectivity index (χ4v) is 2.79. The zero-order valence-electron chi connectivity index (χ0n) is 15.0. The van der Waals surface area contributed by atoms with E-state index in [4.69, 9.17) is 15.9 Å². The van der Waals surface area contributed by atoms with Crippen LogP contribution in [0.2, 0.25) is 0 Å². The highest BCUT2D eigenvalue weighted by molar-refractivity contribution is 5.95. The van der Waals surface area contributed by atoms with Crippen molar-refractivity contribution in [3.8, 4) is 12.3 Å². The Balaban J connectivity index is 2.01. The number of Topliss-reactive ketones (excluding diaryl/α,β-unsaturated/α-hetero) is 1. The Hall–Kier alpha value is -2.32. The molecule has 0 spiro atoms. The number of likely N-dealkylation sites (tertiary alicyclic amines) is 1. The van der Waals surface area contributed by atoms with Gasteiger partial charge >= 0.3 is 6.09 Å². The van der Waals surface area contributed by atoms with Crippen molar-refractivity contribution in [2.75, 3.05) is 6.54 Å². The third-order valence-electron chi connectivity index (χ3n) is 3.91. The van der Waals surface area contributed by atoms with E-state index in [2.05, 4.69) is 5.92 Å². The van der Waals surface area contributed by atoms with Crippen LogP contribution >= 0.6 is 0 Å². The quantitative estimate of drug-likeness (QED) is 0.609. The summed E-state index contributed by atoms with van der Waals surface area (Å²) in [4.78, 5) is 25.7. The van der Waals surface area contributed by atoms with Crippen LogP contribution in [-0.2, 0) is 20.9 Å². The molecule has 0 bridgehead atoms. The Morgan fingerprint density at radius 2 is 1.96 bits per heavy atom. The summed E-state index contributed by atoms with van der Waals surface area (Å²) < 4.78 is 11.4. The molecule has 0 aliphatic carbocycles. The highest BCUT2D eigenvalue weighted by Crippen LogP contribution is 2.26. The van der Waals surface area contributed by atoms with Crippen LogP contribution in [0, 0.1) is 12.3 Å². The van der Waals surface area contributed by atoms with Crippen LogP contribution in [-0.4, -0.2) is 41.1 Å². The lowest BCUT2D eigenvalue weighted by molar-refractivity contribution is -0.114. The number of nitrogens with zero attached hydrogens (tertiary/aromatic N) is 1. The molecule has 1 saturated heterocycles. The number of rotatable bonds is 5. The predicted molar refractivity (Wildman–Crippen MR) is 94.8 cm³/mol. The number of carbonyl (C=O) groups excluding carboxylic acids is 2. The fourth-order valence-electron chi connectivity index (χ4n) is 2.79. The second kappa shape index (κ2) is 8.17. The number of hydrogen-bond donors (Lipinski definition) is 0. The first-order chi connectivity index (χ1) is 11.8. The number of benzene rings is 1. The Morgan fingerprint density at radius 3 is 2.56 bits per heavy atom.